The number of carbonyl (C=O) groups is 1. The first kappa shape index (κ1) is 19.8. The zero-order valence-electron chi connectivity index (χ0n) is 13.0. The minimum atomic E-state index is -0.569. The van der Waals surface area contributed by atoms with Crippen molar-refractivity contribution in [2.45, 2.75) is 25.5 Å². The number of halogens is 2. The summed E-state index contributed by atoms with van der Waals surface area (Å²) in [7, 11) is 1.52. The molecule has 0 radical (unpaired) electrons. The molecule has 1 unspecified atom stereocenters. The van der Waals surface area contributed by atoms with Crippen LogP contribution < -0.4 is 20.5 Å². The predicted octanol–water partition coefficient (Wildman–Crippen LogP) is 1.90. The Morgan fingerprint density at radius 2 is 2.30 bits per heavy atom. The van der Waals surface area contributed by atoms with Gasteiger partial charge in [0, 0.05) is 19.7 Å². The van der Waals surface area contributed by atoms with Crippen LogP contribution in [0.4, 0.5) is 0 Å². The zero-order chi connectivity index (χ0) is 15.9. The first-order chi connectivity index (χ1) is 10.6. The molecule has 2 rings (SSSR count). The zero-order valence-corrected chi connectivity index (χ0v) is 14.5. The van der Waals surface area contributed by atoms with Crippen LogP contribution in [-0.2, 0) is 16.1 Å². The third kappa shape index (κ3) is 6.06. The number of hydrogen-bond acceptors (Lipinski definition) is 5. The number of nitrogens with two attached hydrogens (primary N) is 1. The first-order valence-electron chi connectivity index (χ1n) is 7.20. The Morgan fingerprint density at radius 3 is 2.91 bits per heavy atom. The second kappa shape index (κ2) is 9.82. The molecule has 1 aliphatic rings. The summed E-state index contributed by atoms with van der Waals surface area (Å²) < 4.78 is 16.1. The molecule has 6 nitrogen and oxygen atoms in total. The van der Waals surface area contributed by atoms with Crippen molar-refractivity contribution in [3.63, 3.8) is 0 Å². The Balaban J connectivity index is 0.00000264. The number of primary amides is 1. The summed E-state index contributed by atoms with van der Waals surface area (Å²) in [5.41, 5.74) is 6.03. The summed E-state index contributed by atoms with van der Waals surface area (Å²) in [4.78, 5) is 10.8. The maximum absolute atomic E-state index is 10.8. The number of benzene rings is 1. The van der Waals surface area contributed by atoms with Crippen LogP contribution in [-0.4, -0.2) is 38.9 Å². The highest BCUT2D eigenvalue weighted by Gasteiger charge is 2.16. The van der Waals surface area contributed by atoms with E-state index in [1.54, 1.807) is 6.07 Å². The molecule has 3 N–H and O–H groups in total. The second-order valence-corrected chi connectivity index (χ2v) is 5.54. The smallest absolute Gasteiger partial charge is 0.255 e. The minimum Gasteiger partial charge on any atom is -0.493 e. The van der Waals surface area contributed by atoms with E-state index in [0.29, 0.717) is 23.1 Å². The van der Waals surface area contributed by atoms with Crippen LogP contribution in [0.2, 0.25) is 5.02 Å². The second-order valence-electron chi connectivity index (χ2n) is 5.13. The summed E-state index contributed by atoms with van der Waals surface area (Å²) in [6.07, 6.45) is 2.50. The molecule has 8 heteroatoms. The van der Waals surface area contributed by atoms with Gasteiger partial charge in [-0.25, -0.2) is 0 Å². The molecule has 0 saturated carbocycles. The van der Waals surface area contributed by atoms with Gasteiger partial charge >= 0.3 is 0 Å². The fourth-order valence-electron chi connectivity index (χ4n) is 2.34. The van der Waals surface area contributed by atoms with Crippen LogP contribution >= 0.6 is 24.0 Å². The molecule has 1 aromatic carbocycles. The molecule has 1 aromatic rings. The van der Waals surface area contributed by atoms with Gasteiger partial charge in [0.2, 0.25) is 0 Å². The Labute approximate surface area is 147 Å². The van der Waals surface area contributed by atoms with E-state index < -0.39 is 5.91 Å². The minimum absolute atomic E-state index is 0. The molecule has 130 valence electrons. The normalized spacial score (nSPS) is 16.7. The molecule has 0 aliphatic carbocycles. The summed E-state index contributed by atoms with van der Waals surface area (Å²) >= 11 is 6.19. The topological polar surface area (TPSA) is 82.8 Å². The van der Waals surface area contributed by atoms with Crippen LogP contribution in [0.1, 0.15) is 18.4 Å². The number of methoxy groups -OCH3 is 1. The van der Waals surface area contributed by atoms with Crippen LogP contribution in [0.5, 0.6) is 11.5 Å². The highest BCUT2D eigenvalue weighted by molar-refractivity contribution is 6.32. The molecular weight excluding hydrogens is 343 g/mol. The van der Waals surface area contributed by atoms with Crippen LogP contribution in [0, 0.1) is 0 Å². The third-order valence-corrected chi connectivity index (χ3v) is 3.65. The molecule has 0 bridgehead atoms. The SMILES string of the molecule is COc1cc(CNCC2CCCO2)cc(Cl)c1OCC(N)=O.Cl. The molecule has 1 fully saturated rings. The Bertz CT molecular complexity index is 522. The fraction of sp³-hybridized carbons (Fsp3) is 0.533. The highest BCUT2D eigenvalue weighted by Crippen LogP contribution is 2.36. The van der Waals surface area contributed by atoms with Gasteiger partial charge in [0.25, 0.3) is 5.91 Å². The van der Waals surface area contributed by atoms with E-state index in [4.69, 9.17) is 31.5 Å². The Hall–Kier alpha value is -1.21. The molecule has 0 spiro atoms. The first-order valence-corrected chi connectivity index (χ1v) is 7.57. The van der Waals surface area contributed by atoms with Gasteiger partial charge in [0.1, 0.15) is 0 Å². The average Bonchev–Trinajstić information content (AvgIpc) is 2.98. The highest BCUT2D eigenvalue weighted by atomic mass is 35.5. The van der Waals surface area contributed by atoms with Crippen LogP contribution in [0.15, 0.2) is 12.1 Å². The number of hydrogen-bond donors (Lipinski definition) is 2. The van der Waals surface area contributed by atoms with Gasteiger partial charge in [-0.05, 0) is 30.5 Å². The van der Waals surface area contributed by atoms with E-state index in [1.807, 2.05) is 6.07 Å². The van der Waals surface area contributed by atoms with Gasteiger partial charge in [-0.1, -0.05) is 11.6 Å². The van der Waals surface area contributed by atoms with Gasteiger partial charge in [0.15, 0.2) is 18.1 Å². The maximum atomic E-state index is 10.8. The van der Waals surface area contributed by atoms with Gasteiger partial charge in [-0.3, -0.25) is 4.79 Å². The molecule has 23 heavy (non-hydrogen) atoms. The van der Waals surface area contributed by atoms with Gasteiger partial charge in [0.05, 0.1) is 18.2 Å². The van der Waals surface area contributed by atoms with Gasteiger partial charge in [-0.2, -0.15) is 0 Å². The lowest BCUT2D eigenvalue weighted by atomic mass is 10.2. The molecule has 0 aromatic heterocycles. The van der Waals surface area contributed by atoms with E-state index in [2.05, 4.69) is 5.32 Å². The number of nitrogens with one attached hydrogen (secondary N) is 1. The standard InChI is InChI=1S/C15H21ClN2O4.ClH/c1-20-13-6-10(7-18-8-11-3-2-4-21-11)5-12(16)15(13)22-9-14(17)19;/h5-6,11,18H,2-4,7-9H2,1H3,(H2,17,19);1H. The van der Waals surface area contributed by atoms with Crippen molar-refractivity contribution < 1.29 is 19.0 Å². The van der Waals surface area contributed by atoms with Crippen molar-refractivity contribution >= 4 is 29.9 Å². The monoisotopic (exact) mass is 364 g/mol. The van der Waals surface area contributed by atoms with Crippen LogP contribution in [0.25, 0.3) is 0 Å². The molecule has 1 aliphatic heterocycles. The van der Waals surface area contributed by atoms with E-state index in [-0.39, 0.29) is 25.1 Å². The van der Waals surface area contributed by atoms with Crippen molar-refractivity contribution in [3.8, 4) is 11.5 Å². The summed E-state index contributed by atoms with van der Waals surface area (Å²) in [6.45, 7) is 2.05. The molecule has 1 amide bonds. The Morgan fingerprint density at radius 1 is 1.52 bits per heavy atom. The lowest BCUT2D eigenvalue weighted by molar-refractivity contribution is -0.119. The van der Waals surface area contributed by atoms with E-state index >= 15 is 0 Å². The maximum Gasteiger partial charge on any atom is 0.255 e. The molecule has 1 saturated heterocycles. The van der Waals surface area contributed by atoms with Crippen molar-refractivity contribution in [2.75, 3.05) is 26.9 Å². The van der Waals surface area contributed by atoms with E-state index in [9.17, 15) is 4.79 Å². The number of amides is 1. The molecular formula is C15H22Cl2N2O4. The number of ether oxygens (including phenoxy) is 3. The van der Waals surface area contributed by atoms with E-state index in [1.165, 1.54) is 7.11 Å². The van der Waals surface area contributed by atoms with Crippen molar-refractivity contribution in [1.29, 1.82) is 0 Å². The van der Waals surface area contributed by atoms with Crippen molar-refractivity contribution in [3.05, 3.63) is 22.7 Å². The molecule has 1 atom stereocenters. The van der Waals surface area contributed by atoms with E-state index in [0.717, 1.165) is 31.6 Å². The van der Waals surface area contributed by atoms with Crippen molar-refractivity contribution in [2.24, 2.45) is 5.73 Å². The average molecular weight is 365 g/mol. The number of rotatable bonds is 8. The Kier molecular flexibility index (Phi) is 8.47. The lowest BCUT2D eigenvalue weighted by Gasteiger charge is -2.15. The van der Waals surface area contributed by atoms with Gasteiger partial charge < -0.3 is 25.3 Å². The summed E-state index contributed by atoms with van der Waals surface area (Å²) in [5.74, 6) is 0.230. The van der Waals surface area contributed by atoms with Crippen LogP contribution in [0.3, 0.4) is 0 Å². The van der Waals surface area contributed by atoms with Crippen molar-refractivity contribution in [1.82, 2.24) is 5.32 Å². The number of carbonyl (C=O) groups excluding carboxylic acids is 1. The fourth-order valence-corrected chi connectivity index (χ4v) is 2.63. The molecule has 1 heterocycles. The third-order valence-electron chi connectivity index (χ3n) is 3.37. The summed E-state index contributed by atoms with van der Waals surface area (Å²) in [6, 6.07) is 3.60. The summed E-state index contributed by atoms with van der Waals surface area (Å²) in [5, 5.41) is 3.72. The largest absolute Gasteiger partial charge is 0.493 e. The lowest BCUT2D eigenvalue weighted by Crippen LogP contribution is -2.25. The van der Waals surface area contributed by atoms with Gasteiger partial charge in [-0.15, -0.1) is 12.4 Å². The quantitative estimate of drug-likeness (QED) is 0.735. The predicted molar refractivity (Wildman–Crippen MR) is 90.6 cm³/mol.